The zero-order valence-electron chi connectivity index (χ0n) is 21.2. The third-order valence-electron chi connectivity index (χ3n) is 7.19. The van der Waals surface area contributed by atoms with Gasteiger partial charge in [0.1, 0.15) is 5.69 Å². The van der Waals surface area contributed by atoms with Gasteiger partial charge in [-0.3, -0.25) is 4.79 Å². The molecule has 1 aliphatic heterocycles. The van der Waals surface area contributed by atoms with E-state index in [1.165, 1.54) is 31.2 Å². The Morgan fingerprint density at radius 2 is 2.00 bits per heavy atom. The van der Waals surface area contributed by atoms with Crippen LogP contribution in [0.5, 0.6) is 0 Å². The molecule has 0 saturated heterocycles. The van der Waals surface area contributed by atoms with Crippen molar-refractivity contribution in [1.82, 2.24) is 0 Å². The number of aryl methyl sites for hydroxylation is 2. The van der Waals surface area contributed by atoms with Gasteiger partial charge in [-0.15, -0.1) is 0 Å². The van der Waals surface area contributed by atoms with Gasteiger partial charge in [-0.05, 0) is 84.9 Å². The van der Waals surface area contributed by atoms with Crippen molar-refractivity contribution in [2.75, 3.05) is 5.32 Å². The van der Waals surface area contributed by atoms with Crippen LogP contribution in [0, 0.1) is 18.3 Å². The van der Waals surface area contributed by atoms with Crippen LogP contribution in [-0.4, -0.2) is 27.8 Å². The molecule has 4 rings (SSSR count). The first-order valence-corrected chi connectivity index (χ1v) is 12.6. The average molecular weight is 461 g/mol. The van der Waals surface area contributed by atoms with Gasteiger partial charge in [0.15, 0.2) is 5.69 Å². The number of hydrogen-bond donors (Lipinski definition) is 2. The molecule has 5 nitrogen and oxygen atoms in total. The van der Waals surface area contributed by atoms with E-state index in [9.17, 15) is 4.79 Å². The number of nitrogens with zero attached hydrogens (tertiary/aromatic N) is 2. The van der Waals surface area contributed by atoms with Crippen molar-refractivity contribution in [3.05, 3.63) is 53.1 Å². The Kier molecular flexibility index (Phi) is 6.92. The number of carbonyl (C=O) groups is 1. The van der Waals surface area contributed by atoms with Crippen molar-refractivity contribution in [3.63, 3.8) is 0 Å². The van der Waals surface area contributed by atoms with Gasteiger partial charge in [0, 0.05) is 12.3 Å². The van der Waals surface area contributed by atoms with Gasteiger partial charge in [0.25, 0.3) is 0 Å². The molecule has 180 valence electrons. The number of rotatable bonds is 6. The maximum Gasteiger partial charge on any atom is 0.402 e. The molecule has 5 heteroatoms. The molecule has 2 aromatic rings. The first-order chi connectivity index (χ1) is 16.1. The smallest absolute Gasteiger partial charge is 0.402 e. The van der Waals surface area contributed by atoms with Crippen molar-refractivity contribution in [3.8, 4) is 0 Å². The van der Waals surface area contributed by atoms with E-state index in [0.717, 1.165) is 34.1 Å². The largest absolute Gasteiger partial charge is 0.481 e. The number of guanidine groups is 1. The van der Waals surface area contributed by atoms with Crippen LogP contribution in [-0.2, 0) is 11.2 Å². The molecule has 2 N–H and O–H groups in total. The lowest BCUT2D eigenvalue weighted by Gasteiger charge is -2.33. The van der Waals surface area contributed by atoms with Crippen LogP contribution in [0.2, 0.25) is 0 Å². The van der Waals surface area contributed by atoms with Crippen LogP contribution in [0.1, 0.15) is 82.4 Å². The molecule has 1 heterocycles. The Labute approximate surface area is 203 Å². The zero-order valence-corrected chi connectivity index (χ0v) is 21.2. The van der Waals surface area contributed by atoms with Crippen LogP contribution in [0.4, 0.5) is 17.1 Å². The minimum Gasteiger partial charge on any atom is -0.481 e. The standard InChI is InChI=1S/C29H37N3O2/c1-19(2)22-8-11-24(12-9-22)30-28-31-25-16-23(10-13-27(33)34)20(3)15-26(25)32(28)18-21-7-6-14-29(4,5)17-21/h8-9,11-12,15-16,18-19,21H,6-7,10,13-14,17H2,1-5H3,(H-,30,31,33,34)/p+1. The number of anilines is 1. The van der Waals surface area contributed by atoms with E-state index in [4.69, 9.17) is 10.1 Å². The lowest BCUT2D eigenvalue weighted by molar-refractivity contribution is -0.298. The second kappa shape index (κ2) is 9.73. The summed E-state index contributed by atoms with van der Waals surface area (Å²) in [6.07, 6.45) is 7.90. The summed E-state index contributed by atoms with van der Waals surface area (Å²) in [5.41, 5.74) is 6.82. The first kappa shape index (κ1) is 24.2. The third kappa shape index (κ3) is 5.57. The molecule has 1 aliphatic carbocycles. The van der Waals surface area contributed by atoms with Crippen LogP contribution < -0.4 is 5.32 Å². The molecular weight excluding hydrogens is 422 g/mol. The molecule has 2 aliphatic rings. The summed E-state index contributed by atoms with van der Waals surface area (Å²) in [7, 11) is 0. The van der Waals surface area contributed by atoms with Crippen LogP contribution in [0.15, 0.2) is 41.4 Å². The molecule has 0 spiro atoms. The third-order valence-corrected chi connectivity index (χ3v) is 7.19. The summed E-state index contributed by atoms with van der Waals surface area (Å²) in [5.74, 6) is 1.03. The summed E-state index contributed by atoms with van der Waals surface area (Å²) in [6.45, 7) is 11.2. The van der Waals surface area contributed by atoms with Crippen molar-refractivity contribution in [2.45, 2.75) is 79.1 Å². The molecule has 1 fully saturated rings. The number of nitrogens with one attached hydrogen (secondary N) is 1. The normalized spacial score (nSPS) is 20.4. The predicted octanol–water partition coefficient (Wildman–Crippen LogP) is 7.18. The Hall–Kier alpha value is -2.95. The highest BCUT2D eigenvalue weighted by Crippen LogP contribution is 2.40. The fourth-order valence-electron chi connectivity index (χ4n) is 5.21. The topological polar surface area (TPSA) is 64.7 Å². The fourth-order valence-corrected chi connectivity index (χ4v) is 5.21. The van der Waals surface area contributed by atoms with Crippen molar-refractivity contribution in [1.29, 1.82) is 0 Å². The van der Waals surface area contributed by atoms with E-state index in [-0.39, 0.29) is 6.42 Å². The summed E-state index contributed by atoms with van der Waals surface area (Å²) < 4.78 is 2.23. The molecule has 0 bridgehead atoms. The minimum atomic E-state index is -0.773. The SMILES string of the molecule is Cc1cc2c(cc1CCC(=O)O)N=C(Nc1ccc(C(C)C)cc1)[N+]2=CC1CCCC(C)(C)C1. The highest BCUT2D eigenvalue weighted by atomic mass is 16.4. The van der Waals surface area contributed by atoms with Gasteiger partial charge in [-0.1, -0.05) is 51.2 Å². The fraction of sp³-hybridized carbons (Fsp3) is 0.483. The Morgan fingerprint density at radius 3 is 2.65 bits per heavy atom. The predicted molar refractivity (Wildman–Crippen MR) is 140 cm³/mol. The van der Waals surface area contributed by atoms with Crippen molar-refractivity contribution >= 4 is 35.2 Å². The monoisotopic (exact) mass is 460 g/mol. The number of benzene rings is 2. The summed E-state index contributed by atoms with van der Waals surface area (Å²) in [5, 5.41) is 12.7. The lowest BCUT2D eigenvalue weighted by Crippen LogP contribution is -2.29. The minimum absolute atomic E-state index is 0.129. The maximum atomic E-state index is 11.1. The van der Waals surface area contributed by atoms with E-state index in [1.807, 2.05) is 0 Å². The van der Waals surface area contributed by atoms with Gasteiger partial charge in [0.2, 0.25) is 0 Å². The average Bonchev–Trinajstić information content (AvgIpc) is 3.07. The summed E-state index contributed by atoms with van der Waals surface area (Å²) in [4.78, 5) is 16.1. The summed E-state index contributed by atoms with van der Waals surface area (Å²) >= 11 is 0. The van der Waals surface area contributed by atoms with E-state index in [2.05, 4.69) is 87.1 Å². The van der Waals surface area contributed by atoms with Gasteiger partial charge >= 0.3 is 11.9 Å². The zero-order chi connectivity index (χ0) is 24.5. The van der Waals surface area contributed by atoms with Crippen LogP contribution in [0.25, 0.3) is 0 Å². The van der Waals surface area contributed by atoms with Gasteiger partial charge in [-0.2, -0.15) is 0 Å². The molecule has 0 aromatic heterocycles. The Bertz CT molecular complexity index is 1130. The van der Waals surface area contributed by atoms with E-state index < -0.39 is 5.97 Å². The van der Waals surface area contributed by atoms with Gasteiger partial charge < -0.3 is 5.11 Å². The number of hydrogen-bond acceptors (Lipinski definition) is 3. The molecule has 0 amide bonds. The molecule has 1 saturated carbocycles. The lowest BCUT2D eigenvalue weighted by atomic mass is 9.72. The molecule has 2 aromatic carbocycles. The molecule has 1 atom stereocenters. The Morgan fingerprint density at radius 1 is 1.26 bits per heavy atom. The number of aliphatic carboxylic acids is 1. The van der Waals surface area contributed by atoms with Crippen LogP contribution in [0.3, 0.4) is 0 Å². The van der Waals surface area contributed by atoms with Crippen molar-refractivity contribution in [2.24, 2.45) is 16.3 Å². The number of fused-ring (bicyclic) bond motifs is 1. The van der Waals surface area contributed by atoms with Crippen LogP contribution >= 0.6 is 0 Å². The van der Waals surface area contributed by atoms with Gasteiger partial charge in [0.05, 0.1) is 11.9 Å². The highest BCUT2D eigenvalue weighted by molar-refractivity contribution is 5.97. The van der Waals surface area contributed by atoms with E-state index >= 15 is 0 Å². The highest BCUT2D eigenvalue weighted by Gasteiger charge is 2.33. The van der Waals surface area contributed by atoms with E-state index in [1.54, 1.807) is 0 Å². The maximum absolute atomic E-state index is 11.1. The quantitative estimate of drug-likeness (QED) is 0.449. The Balaban J connectivity index is 1.69. The second-order valence-electron chi connectivity index (χ2n) is 11.0. The molecule has 0 radical (unpaired) electrons. The molecule has 1 unspecified atom stereocenters. The van der Waals surface area contributed by atoms with Crippen molar-refractivity contribution < 1.29 is 14.5 Å². The van der Waals surface area contributed by atoms with E-state index in [0.29, 0.717) is 23.7 Å². The molecule has 34 heavy (non-hydrogen) atoms. The number of carboxylic acid groups (broad SMARTS) is 1. The number of aliphatic imine (C=N–C) groups is 1. The summed E-state index contributed by atoms with van der Waals surface area (Å²) in [6, 6.07) is 12.8. The van der Waals surface area contributed by atoms with Gasteiger partial charge in [-0.25, -0.2) is 9.89 Å². The molecular formula is C29H38N3O2+. The first-order valence-electron chi connectivity index (χ1n) is 12.6. The number of carboxylic acids is 1. The second-order valence-corrected chi connectivity index (χ2v) is 11.0.